The molecule has 0 unspecified atom stereocenters. The minimum absolute atomic E-state index is 0.655. The van der Waals surface area contributed by atoms with E-state index in [2.05, 4.69) is 77.4 Å². The van der Waals surface area contributed by atoms with Crippen LogP contribution in [0.4, 0.5) is 0 Å². The molecule has 0 saturated carbocycles. The van der Waals surface area contributed by atoms with Gasteiger partial charge in [0, 0.05) is 18.0 Å². The summed E-state index contributed by atoms with van der Waals surface area (Å²) in [6.07, 6.45) is 0. The molecule has 1 aromatic heterocycles. The topological polar surface area (TPSA) is 21.3 Å². The van der Waals surface area contributed by atoms with Crippen molar-refractivity contribution in [1.29, 1.82) is 0 Å². The van der Waals surface area contributed by atoms with E-state index in [1.54, 1.807) is 11.3 Å². The number of nitrogens with one attached hydrogen (secondary N) is 1. The molecule has 6 heteroatoms. The van der Waals surface area contributed by atoms with E-state index in [1.165, 1.54) is 14.2 Å². The van der Waals surface area contributed by atoms with Gasteiger partial charge in [0.1, 0.15) is 5.75 Å². The SMILES string of the molecule is CCOc1c(Br)cc(CNCc2ccc(Br)s2)cc1Br. The first-order valence-corrected chi connectivity index (χ1v) is 9.35. The Morgan fingerprint density at radius 3 is 2.35 bits per heavy atom. The van der Waals surface area contributed by atoms with Crippen molar-refractivity contribution in [2.24, 2.45) is 0 Å². The first-order valence-electron chi connectivity index (χ1n) is 6.15. The molecule has 2 nitrogen and oxygen atoms in total. The Bertz CT molecular complexity index is 563. The number of hydrogen-bond acceptors (Lipinski definition) is 3. The monoisotopic (exact) mass is 481 g/mol. The van der Waals surface area contributed by atoms with Gasteiger partial charge in [-0.25, -0.2) is 0 Å². The van der Waals surface area contributed by atoms with Crippen molar-refractivity contribution in [3.8, 4) is 5.75 Å². The fraction of sp³-hybridized carbons (Fsp3) is 0.286. The van der Waals surface area contributed by atoms with Crippen molar-refractivity contribution in [1.82, 2.24) is 5.32 Å². The van der Waals surface area contributed by atoms with Gasteiger partial charge in [-0.05, 0) is 84.5 Å². The molecule has 0 spiro atoms. The molecule has 0 saturated heterocycles. The van der Waals surface area contributed by atoms with Crippen LogP contribution in [0, 0.1) is 0 Å². The molecule has 0 atom stereocenters. The van der Waals surface area contributed by atoms with Crippen molar-refractivity contribution in [2.45, 2.75) is 20.0 Å². The van der Waals surface area contributed by atoms with Crippen LogP contribution in [0.2, 0.25) is 0 Å². The second-order valence-corrected chi connectivity index (χ2v) is 8.39. The Balaban J connectivity index is 1.96. The molecule has 0 aliphatic rings. The summed E-state index contributed by atoms with van der Waals surface area (Å²) in [6, 6.07) is 8.39. The largest absolute Gasteiger partial charge is 0.492 e. The second-order valence-electron chi connectivity index (χ2n) is 4.13. The molecular formula is C14H14Br3NOS. The van der Waals surface area contributed by atoms with Crippen molar-refractivity contribution < 1.29 is 4.74 Å². The molecule has 2 rings (SSSR count). The quantitative estimate of drug-likeness (QED) is 0.567. The summed E-state index contributed by atoms with van der Waals surface area (Å²) >= 11 is 12.3. The maximum atomic E-state index is 5.58. The lowest BCUT2D eigenvalue weighted by Crippen LogP contribution is -2.11. The lowest BCUT2D eigenvalue weighted by molar-refractivity contribution is 0.336. The molecule has 0 radical (unpaired) electrons. The van der Waals surface area contributed by atoms with Crippen molar-refractivity contribution in [2.75, 3.05) is 6.61 Å². The minimum atomic E-state index is 0.655. The highest BCUT2D eigenvalue weighted by Gasteiger charge is 2.08. The maximum absolute atomic E-state index is 5.58. The zero-order valence-corrected chi connectivity index (χ0v) is 16.5. The predicted octanol–water partition coefficient (Wildman–Crippen LogP) is 5.72. The van der Waals surface area contributed by atoms with Gasteiger partial charge in [0.2, 0.25) is 0 Å². The maximum Gasteiger partial charge on any atom is 0.147 e. The fourth-order valence-corrected chi connectivity index (χ4v) is 4.74. The van der Waals surface area contributed by atoms with Gasteiger partial charge in [-0.2, -0.15) is 0 Å². The summed E-state index contributed by atoms with van der Waals surface area (Å²) in [5, 5.41) is 3.44. The number of thiophene rings is 1. The van der Waals surface area contributed by atoms with E-state index >= 15 is 0 Å². The van der Waals surface area contributed by atoms with Crippen LogP contribution in [0.15, 0.2) is 37.0 Å². The predicted molar refractivity (Wildman–Crippen MR) is 95.6 cm³/mol. The van der Waals surface area contributed by atoms with Crippen LogP contribution in [0.25, 0.3) is 0 Å². The molecule has 0 fully saturated rings. The first kappa shape index (κ1) is 16.5. The van der Waals surface area contributed by atoms with Crippen LogP contribution >= 0.6 is 59.1 Å². The van der Waals surface area contributed by atoms with Crippen LogP contribution in [0.3, 0.4) is 0 Å². The Morgan fingerprint density at radius 1 is 1.10 bits per heavy atom. The smallest absolute Gasteiger partial charge is 0.147 e. The molecule has 0 amide bonds. The summed E-state index contributed by atoms with van der Waals surface area (Å²) in [5.74, 6) is 0.860. The minimum Gasteiger partial charge on any atom is -0.492 e. The molecule has 1 aromatic carbocycles. The Hall–Kier alpha value is 0.120. The average Bonchev–Trinajstić information content (AvgIpc) is 2.80. The zero-order valence-electron chi connectivity index (χ0n) is 10.9. The summed E-state index contributed by atoms with van der Waals surface area (Å²) in [6.45, 7) is 4.33. The van der Waals surface area contributed by atoms with Gasteiger partial charge in [-0.3, -0.25) is 0 Å². The van der Waals surface area contributed by atoms with Crippen molar-refractivity contribution >= 4 is 59.1 Å². The molecular weight excluding hydrogens is 470 g/mol. The van der Waals surface area contributed by atoms with Crippen LogP contribution in [-0.2, 0) is 13.1 Å². The Kier molecular flexibility index (Phi) is 6.55. The van der Waals surface area contributed by atoms with E-state index in [0.717, 1.165) is 27.8 Å². The normalized spacial score (nSPS) is 10.8. The lowest BCUT2D eigenvalue weighted by atomic mass is 10.2. The van der Waals surface area contributed by atoms with Gasteiger partial charge in [0.05, 0.1) is 19.3 Å². The fourth-order valence-electron chi connectivity index (χ4n) is 1.77. The highest BCUT2D eigenvalue weighted by molar-refractivity contribution is 9.11. The Morgan fingerprint density at radius 2 is 1.80 bits per heavy atom. The van der Waals surface area contributed by atoms with Crippen LogP contribution in [0.1, 0.15) is 17.4 Å². The van der Waals surface area contributed by atoms with Crippen LogP contribution in [-0.4, -0.2) is 6.61 Å². The molecule has 1 heterocycles. The van der Waals surface area contributed by atoms with E-state index in [-0.39, 0.29) is 0 Å². The standard InChI is InChI=1S/C14H14Br3NOS/c1-2-19-14-11(15)5-9(6-12(14)16)7-18-8-10-3-4-13(17)20-10/h3-6,18H,2,7-8H2,1H3. The van der Waals surface area contributed by atoms with Gasteiger partial charge < -0.3 is 10.1 Å². The average molecular weight is 484 g/mol. The molecule has 0 aliphatic heterocycles. The molecule has 2 aromatic rings. The van der Waals surface area contributed by atoms with E-state index < -0.39 is 0 Å². The first-order chi connectivity index (χ1) is 9.60. The number of rotatable bonds is 6. The third-order valence-electron chi connectivity index (χ3n) is 2.60. The molecule has 0 bridgehead atoms. The molecule has 1 N–H and O–H groups in total. The van der Waals surface area contributed by atoms with E-state index in [9.17, 15) is 0 Å². The van der Waals surface area contributed by atoms with Gasteiger partial charge in [-0.1, -0.05) is 0 Å². The molecule has 20 heavy (non-hydrogen) atoms. The van der Waals surface area contributed by atoms with Gasteiger partial charge in [-0.15, -0.1) is 11.3 Å². The highest BCUT2D eigenvalue weighted by atomic mass is 79.9. The number of benzene rings is 1. The Labute approximate surface area is 148 Å². The summed E-state index contributed by atoms with van der Waals surface area (Å²) < 4.78 is 8.70. The third-order valence-corrected chi connectivity index (χ3v) is 5.41. The molecule has 0 aliphatic carbocycles. The number of halogens is 3. The zero-order chi connectivity index (χ0) is 14.5. The van der Waals surface area contributed by atoms with E-state index in [0.29, 0.717) is 6.61 Å². The summed E-state index contributed by atoms with van der Waals surface area (Å²) in [4.78, 5) is 1.32. The highest BCUT2D eigenvalue weighted by Crippen LogP contribution is 2.34. The van der Waals surface area contributed by atoms with Crippen LogP contribution in [0.5, 0.6) is 5.75 Å². The van der Waals surface area contributed by atoms with E-state index in [1.807, 2.05) is 6.92 Å². The van der Waals surface area contributed by atoms with Crippen molar-refractivity contribution in [3.05, 3.63) is 47.4 Å². The van der Waals surface area contributed by atoms with E-state index in [4.69, 9.17) is 4.74 Å². The summed E-state index contributed by atoms with van der Waals surface area (Å²) in [7, 11) is 0. The number of ether oxygens (including phenoxy) is 1. The number of hydrogen-bond donors (Lipinski definition) is 1. The van der Waals surface area contributed by atoms with Crippen molar-refractivity contribution in [3.63, 3.8) is 0 Å². The van der Waals surface area contributed by atoms with Gasteiger partial charge >= 0.3 is 0 Å². The van der Waals surface area contributed by atoms with Gasteiger partial charge in [0.25, 0.3) is 0 Å². The lowest BCUT2D eigenvalue weighted by Gasteiger charge is -2.11. The third kappa shape index (κ3) is 4.56. The summed E-state index contributed by atoms with van der Waals surface area (Å²) in [5.41, 5.74) is 1.21. The molecule has 108 valence electrons. The van der Waals surface area contributed by atoms with Gasteiger partial charge in [0.15, 0.2) is 0 Å². The second kappa shape index (κ2) is 7.94. The van der Waals surface area contributed by atoms with Crippen LogP contribution < -0.4 is 10.1 Å².